The molecule has 0 unspecified atom stereocenters. The van der Waals surface area contributed by atoms with Gasteiger partial charge in [0.2, 0.25) is 0 Å². The standard InChI is InChI=1S/C21H24ClF3N4O/c1-12(2)9-20(4,26)11-30-17-6-5-14(7-16(17)21(23,24)25)15-8-18(22)28-29-10-13(3)27-19(15)29/h5-8,10,12H,9,11,26H2,1-4H3/t20-/m0/s1. The van der Waals surface area contributed by atoms with Crippen molar-refractivity contribution < 1.29 is 17.9 Å². The van der Waals surface area contributed by atoms with E-state index >= 15 is 0 Å². The summed E-state index contributed by atoms with van der Waals surface area (Å²) < 4.78 is 48.4. The van der Waals surface area contributed by atoms with E-state index < -0.39 is 17.3 Å². The van der Waals surface area contributed by atoms with Crippen molar-refractivity contribution in [2.45, 2.75) is 45.8 Å². The third kappa shape index (κ3) is 5.05. The molecule has 2 heterocycles. The van der Waals surface area contributed by atoms with E-state index in [0.717, 1.165) is 6.07 Å². The van der Waals surface area contributed by atoms with Gasteiger partial charge in [0.25, 0.3) is 0 Å². The average Bonchev–Trinajstić information content (AvgIpc) is 2.97. The van der Waals surface area contributed by atoms with Crippen LogP contribution in [0.25, 0.3) is 16.8 Å². The van der Waals surface area contributed by atoms with Gasteiger partial charge in [0, 0.05) is 11.1 Å². The molecule has 0 amide bonds. The fourth-order valence-corrected chi connectivity index (χ4v) is 3.74. The maximum absolute atomic E-state index is 13.8. The summed E-state index contributed by atoms with van der Waals surface area (Å²) in [5.41, 5.74) is 6.42. The molecule has 9 heteroatoms. The molecule has 0 aliphatic rings. The number of alkyl halides is 3. The molecule has 0 saturated heterocycles. The lowest BCUT2D eigenvalue weighted by atomic mass is 9.93. The Morgan fingerprint density at radius 1 is 1.23 bits per heavy atom. The zero-order valence-corrected chi connectivity index (χ0v) is 18.0. The number of fused-ring (bicyclic) bond motifs is 1. The van der Waals surface area contributed by atoms with Crippen LogP contribution >= 0.6 is 11.6 Å². The van der Waals surface area contributed by atoms with E-state index in [0.29, 0.717) is 34.8 Å². The first kappa shape index (κ1) is 22.4. The number of benzene rings is 1. The normalized spacial score (nSPS) is 14.3. The van der Waals surface area contributed by atoms with Gasteiger partial charge in [-0.15, -0.1) is 0 Å². The Morgan fingerprint density at radius 2 is 1.93 bits per heavy atom. The van der Waals surface area contributed by atoms with Crippen molar-refractivity contribution in [2.75, 3.05) is 6.61 Å². The van der Waals surface area contributed by atoms with Crippen LogP contribution in [0.1, 0.15) is 38.4 Å². The van der Waals surface area contributed by atoms with Crippen LogP contribution < -0.4 is 10.5 Å². The number of nitrogens with two attached hydrogens (primary N) is 1. The number of hydrogen-bond donors (Lipinski definition) is 1. The van der Waals surface area contributed by atoms with Gasteiger partial charge in [-0.25, -0.2) is 9.50 Å². The van der Waals surface area contributed by atoms with Gasteiger partial charge in [-0.05, 0) is 49.9 Å². The molecule has 3 rings (SSSR count). The van der Waals surface area contributed by atoms with Crippen LogP contribution in [0.15, 0.2) is 30.5 Å². The molecule has 0 radical (unpaired) electrons. The first-order valence-electron chi connectivity index (χ1n) is 9.51. The average molecular weight is 441 g/mol. The zero-order valence-electron chi connectivity index (χ0n) is 17.2. The van der Waals surface area contributed by atoms with E-state index in [-0.39, 0.29) is 17.5 Å². The maximum Gasteiger partial charge on any atom is 0.419 e. The third-order valence-corrected chi connectivity index (χ3v) is 4.73. The molecular formula is C21H24ClF3N4O. The monoisotopic (exact) mass is 440 g/mol. The highest BCUT2D eigenvalue weighted by Crippen LogP contribution is 2.40. The zero-order chi connectivity index (χ0) is 22.3. The Balaban J connectivity index is 2.02. The quantitative estimate of drug-likeness (QED) is 0.548. The van der Waals surface area contributed by atoms with Crippen molar-refractivity contribution in [3.63, 3.8) is 0 Å². The van der Waals surface area contributed by atoms with Gasteiger partial charge in [-0.3, -0.25) is 0 Å². The predicted molar refractivity (Wildman–Crippen MR) is 111 cm³/mol. The molecule has 30 heavy (non-hydrogen) atoms. The van der Waals surface area contributed by atoms with E-state index in [1.54, 1.807) is 26.1 Å². The number of nitrogens with zero attached hydrogens (tertiary/aromatic N) is 3. The lowest BCUT2D eigenvalue weighted by Gasteiger charge is -2.27. The van der Waals surface area contributed by atoms with Gasteiger partial charge >= 0.3 is 6.18 Å². The number of halogens is 4. The van der Waals surface area contributed by atoms with Crippen molar-refractivity contribution in [1.29, 1.82) is 0 Å². The molecule has 1 aromatic carbocycles. The molecule has 1 atom stereocenters. The van der Waals surface area contributed by atoms with Crippen LogP contribution in [-0.2, 0) is 6.18 Å². The number of hydrogen-bond acceptors (Lipinski definition) is 4. The largest absolute Gasteiger partial charge is 0.491 e. The van der Waals surface area contributed by atoms with E-state index in [2.05, 4.69) is 10.1 Å². The molecule has 0 bridgehead atoms. The van der Waals surface area contributed by atoms with Crippen LogP contribution in [0.3, 0.4) is 0 Å². The first-order valence-corrected chi connectivity index (χ1v) is 9.89. The minimum Gasteiger partial charge on any atom is -0.491 e. The van der Waals surface area contributed by atoms with Crippen LogP contribution in [0.2, 0.25) is 5.15 Å². The van der Waals surface area contributed by atoms with Gasteiger partial charge in [-0.1, -0.05) is 31.5 Å². The fraction of sp³-hybridized carbons (Fsp3) is 0.429. The van der Waals surface area contributed by atoms with Crippen molar-refractivity contribution in [2.24, 2.45) is 11.7 Å². The SMILES string of the molecule is Cc1cn2nc(Cl)cc(-c3ccc(OC[C@@](C)(N)CC(C)C)c(C(F)(F)F)c3)c2n1. The summed E-state index contributed by atoms with van der Waals surface area (Å²) in [4.78, 5) is 4.35. The summed E-state index contributed by atoms with van der Waals surface area (Å²) in [6.45, 7) is 7.51. The number of aromatic nitrogens is 3. The third-order valence-electron chi connectivity index (χ3n) is 4.54. The highest BCUT2D eigenvalue weighted by atomic mass is 35.5. The summed E-state index contributed by atoms with van der Waals surface area (Å²) in [5, 5.41) is 4.26. The molecular weight excluding hydrogens is 417 g/mol. The van der Waals surface area contributed by atoms with E-state index in [1.807, 2.05) is 13.8 Å². The van der Waals surface area contributed by atoms with Crippen LogP contribution in [0.5, 0.6) is 5.75 Å². The minimum atomic E-state index is -4.60. The number of imidazole rings is 1. The lowest BCUT2D eigenvalue weighted by Crippen LogP contribution is -2.43. The van der Waals surface area contributed by atoms with E-state index in [1.165, 1.54) is 16.6 Å². The molecule has 0 aliphatic heterocycles. The van der Waals surface area contributed by atoms with Gasteiger partial charge in [0.05, 0.1) is 17.5 Å². The summed E-state index contributed by atoms with van der Waals surface area (Å²) in [6.07, 6.45) is -2.32. The minimum absolute atomic E-state index is 0.0294. The van der Waals surface area contributed by atoms with Gasteiger partial charge in [0.1, 0.15) is 12.4 Å². The fourth-order valence-electron chi connectivity index (χ4n) is 3.55. The molecule has 162 valence electrons. The summed E-state index contributed by atoms with van der Waals surface area (Å²) in [7, 11) is 0. The number of rotatable bonds is 6. The summed E-state index contributed by atoms with van der Waals surface area (Å²) >= 11 is 6.06. The Labute approximate surface area is 178 Å². The Hall–Kier alpha value is -2.32. The van der Waals surface area contributed by atoms with E-state index in [4.69, 9.17) is 22.1 Å². The first-order chi connectivity index (χ1) is 13.9. The lowest BCUT2D eigenvalue weighted by molar-refractivity contribution is -0.139. The number of aryl methyl sites for hydroxylation is 1. The second-order valence-electron chi connectivity index (χ2n) is 8.28. The molecule has 2 aromatic heterocycles. The van der Waals surface area contributed by atoms with Crippen LogP contribution in [0, 0.1) is 12.8 Å². The maximum atomic E-state index is 13.8. The van der Waals surface area contributed by atoms with Gasteiger partial charge in [-0.2, -0.15) is 18.3 Å². The Bertz CT molecular complexity index is 1060. The molecule has 2 N–H and O–H groups in total. The molecule has 0 aliphatic carbocycles. The smallest absolute Gasteiger partial charge is 0.419 e. The summed E-state index contributed by atoms with van der Waals surface area (Å²) in [6, 6.07) is 5.40. The molecule has 0 saturated carbocycles. The van der Waals surface area contributed by atoms with Crippen molar-refractivity contribution in [1.82, 2.24) is 14.6 Å². The highest BCUT2D eigenvalue weighted by molar-refractivity contribution is 6.29. The van der Waals surface area contributed by atoms with E-state index in [9.17, 15) is 13.2 Å². The van der Waals surface area contributed by atoms with Crippen LogP contribution in [0.4, 0.5) is 13.2 Å². The Kier molecular flexibility index (Phi) is 6.02. The summed E-state index contributed by atoms with van der Waals surface area (Å²) in [5.74, 6) is 0.0345. The van der Waals surface area contributed by atoms with Crippen molar-refractivity contribution >= 4 is 17.2 Å². The number of ether oxygens (including phenoxy) is 1. The molecule has 0 fully saturated rings. The van der Waals surface area contributed by atoms with Crippen LogP contribution in [-0.4, -0.2) is 26.7 Å². The highest BCUT2D eigenvalue weighted by Gasteiger charge is 2.35. The van der Waals surface area contributed by atoms with Gasteiger partial charge in [0.15, 0.2) is 10.8 Å². The van der Waals surface area contributed by atoms with Crippen molar-refractivity contribution in [3.8, 4) is 16.9 Å². The topological polar surface area (TPSA) is 65.4 Å². The molecule has 0 spiro atoms. The second-order valence-corrected chi connectivity index (χ2v) is 8.67. The predicted octanol–water partition coefficient (Wildman–Crippen LogP) is 5.52. The second kappa shape index (κ2) is 8.07. The van der Waals surface area contributed by atoms with Crippen molar-refractivity contribution in [3.05, 3.63) is 46.9 Å². The molecule has 5 nitrogen and oxygen atoms in total. The Morgan fingerprint density at radius 3 is 2.57 bits per heavy atom. The molecule has 3 aromatic rings. The van der Waals surface area contributed by atoms with Gasteiger partial charge < -0.3 is 10.5 Å².